The van der Waals surface area contributed by atoms with Gasteiger partial charge in [-0.1, -0.05) is 23.2 Å². The summed E-state index contributed by atoms with van der Waals surface area (Å²) in [6.45, 7) is 0.0625. The predicted molar refractivity (Wildman–Crippen MR) is 75.9 cm³/mol. The highest BCUT2D eigenvalue weighted by atomic mass is 35.5. The van der Waals surface area contributed by atoms with Gasteiger partial charge in [0.15, 0.2) is 0 Å². The molecule has 4 nitrogen and oxygen atoms in total. The largest absolute Gasteiger partial charge is 0.387 e. The zero-order valence-electron chi connectivity index (χ0n) is 9.64. The molecule has 0 radical (unpaired) electrons. The van der Waals surface area contributed by atoms with E-state index in [-0.39, 0.29) is 12.5 Å². The normalized spacial score (nSPS) is 12.2. The Balaban J connectivity index is 1.97. The average Bonchev–Trinajstić information content (AvgIpc) is 2.88. The van der Waals surface area contributed by atoms with Gasteiger partial charge in [-0.15, -0.1) is 11.3 Å². The van der Waals surface area contributed by atoms with Gasteiger partial charge in [0, 0.05) is 22.0 Å². The van der Waals surface area contributed by atoms with Crippen LogP contribution in [0, 0.1) is 0 Å². The lowest BCUT2D eigenvalue weighted by atomic mass is 10.1. The number of amides is 1. The molecule has 7 heteroatoms. The fourth-order valence-electron chi connectivity index (χ4n) is 1.49. The third-order valence-electron chi connectivity index (χ3n) is 2.39. The van der Waals surface area contributed by atoms with Crippen LogP contribution in [0.3, 0.4) is 0 Å². The number of benzene rings is 1. The van der Waals surface area contributed by atoms with E-state index in [1.807, 2.05) is 0 Å². The van der Waals surface area contributed by atoms with E-state index in [2.05, 4.69) is 10.3 Å². The van der Waals surface area contributed by atoms with Gasteiger partial charge in [0.2, 0.25) is 0 Å². The van der Waals surface area contributed by atoms with Crippen molar-refractivity contribution in [2.24, 2.45) is 0 Å². The van der Waals surface area contributed by atoms with Crippen LogP contribution >= 0.6 is 34.5 Å². The molecule has 1 atom stereocenters. The van der Waals surface area contributed by atoms with Crippen molar-refractivity contribution >= 4 is 40.4 Å². The topological polar surface area (TPSA) is 62.2 Å². The summed E-state index contributed by atoms with van der Waals surface area (Å²) < 4.78 is 0. The molecular weight excluding hydrogens is 307 g/mol. The summed E-state index contributed by atoms with van der Waals surface area (Å²) in [6, 6.07) is 4.79. The summed E-state index contributed by atoms with van der Waals surface area (Å²) in [4.78, 5) is 15.5. The average molecular weight is 317 g/mol. The Morgan fingerprint density at radius 3 is 2.63 bits per heavy atom. The maximum atomic E-state index is 11.6. The van der Waals surface area contributed by atoms with E-state index < -0.39 is 6.10 Å². The van der Waals surface area contributed by atoms with Crippen molar-refractivity contribution in [1.29, 1.82) is 0 Å². The van der Waals surface area contributed by atoms with Gasteiger partial charge in [-0.3, -0.25) is 4.79 Å². The minimum Gasteiger partial charge on any atom is -0.387 e. The highest BCUT2D eigenvalue weighted by Crippen LogP contribution is 2.23. The second kappa shape index (κ2) is 6.34. The molecule has 1 aromatic heterocycles. The predicted octanol–water partition coefficient (Wildman–Crippen LogP) is 2.91. The monoisotopic (exact) mass is 316 g/mol. The third-order valence-corrected chi connectivity index (χ3v) is 3.41. The van der Waals surface area contributed by atoms with Gasteiger partial charge < -0.3 is 10.4 Å². The molecule has 0 aliphatic rings. The molecule has 100 valence electrons. The second-order valence-corrected chi connectivity index (χ2v) is 5.39. The summed E-state index contributed by atoms with van der Waals surface area (Å²) in [5.41, 5.74) is 2.46. The van der Waals surface area contributed by atoms with Crippen LogP contribution in [-0.2, 0) is 0 Å². The number of nitrogens with zero attached hydrogens (tertiary/aromatic N) is 1. The molecule has 1 aromatic carbocycles. The molecular formula is C12H10Cl2N2O2S. The number of carbonyl (C=O) groups is 1. The lowest BCUT2D eigenvalue weighted by Gasteiger charge is -2.12. The van der Waals surface area contributed by atoms with Crippen molar-refractivity contribution in [3.63, 3.8) is 0 Å². The zero-order valence-corrected chi connectivity index (χ0v) is 12.0. The first-order valence-corrected chi connectivity index (χ1v) is 7.06. The minimum atomic E-state index is -0.876. The number of nitrogens with one attached hydrogen (secondary N) is 1. The molecule has 0 aliphatic carbocycles. The number of aromatic nitrogens is 1. The Bertz CT molecular complexity index is 555. The van der Waals surface area contributed by atoms with Crippen molar-refractivity contribution in [3.05, 3.63) is 50.4 Å². The highest BCUT2D eigenvalue weighted by Gasteiger charge is 2.13. The molecule has 19 heavy (non-hydrogen) atoms. The maximum Gasteiger partial charge on any atom is 0.270 e. The van der Waals surface area contributed by atoms with Crippen molar-refractivity contribution in [2.45, 2.75) is 6.10 Å². The van der Waals surface area contributed by atoms with E-state index in [1.54, 1.807) is 29.1 Å². The number of aliphatic hydroxyl groups is 1. The van der Waals surface area contributed by atoms with Crippen LogP contribution in [-0.4, -0.2) is 22.5 Å². The highest BCUT2D eigenvalue weighted by molar-refractivity contribution is 7.07. The molecule has 2 aromatic rings. The molecule has 2 N–H and O–H groups in total. The van der Waals surface area contributed by atoms with E-state index in [9.17, 15) is 9.90 Å². The van der Waals surface area contributed by atoms with E-state index in [1.165, 1.54) is 11.3 Å². The first kappa shape index (κ1) is 14.3. The van der Waals surface area contributed by atoms with E-state index in [0.29, 0.717) is 21.3 Å². The smallest absolute Gasteiger partial charge is 0.270 e. The summed E-state index contributed by atoms with van der Waals surface area (Å²) in [5, 5.41) is 15.1. The molecule has 1 amide bonds. The SMILES string of the molecule is O=C(NCC(O)c1cc(Cl)cc(Cl)c1)c1cscn1. The van der Waals surface area contributed by atoms with E-state index in [0.717, 1.165) is 0 Å². The Labute approximate surface area is 124 Å². The summed E-state index contributed by atoms with van der Waals surface area (Å²) >= 11 is 13.0. The van der Waals surface area contributed by atoms with Crippen LogP contribution in [0.5, 0.6) is 0 Å². The molecule has 0 fully saturated rings. The first-order chi connectivity index (χ1) is 9.06. The number of halogens is 2. The van der Waals surface area contributed by atoms with Crippen molar-refractivity contribution in [3.8, 4) is 0 Å². The van der Waals surface area contributed by atoms with Gasteiger partial charge in [-0.2, -0.15) is 0 Å². The summed E-state index contributed by atoms with van der Waals surface area (Å²) in [5.74, 6) is -0.326. The number of hydrogen-bond acceptors (Lipinski definition) is 4. The molecule has 0 saturated heterocycles. The van der Waals surface area contributed by atoms with Crippen LogP contribution in [0.4, 0.5) is 0 Å². The molecule has 0 bridgehead atoms. The van der Waals surface area contributed by atoms with Crippen LogP contribution in [0.2, 0.25) is 10.0 Å². The number of aliphatic hydroxyl groups excluding tert-OH is 1. The van der Waals surface area contributed by atoms with Gasteiger partial charge in [0.1, 0.15) is 5.69 Å². The fourth-order valence-corrected chi connectivity index (χ4v) is 2.56. The maximum absolute atomic E-state index is 11.6. The number of thiazole rings is 1. The molecule has 2 rings (SSSR count). The molecule has 0 spiro atoms. The van der Waals surface area contributed by atoms with Crippen LogP contribution in [0.1, 0.15) is 22.2 Å². The van der Waals surface area contributed by atoms with Crippen molar-refractivity contribution < 1.29 is 9.90 Å². The van der Waals surface area contributed by atoms with Crippen LogP contribution < -0.4 is 5.32 Å². The fraction of sp³-hybridized carbons (Fsp3) is 0.167. The Morgan fingerprint density at radius 1 is 1.37 bits per heavy atom. The van der Waals surface area contributed by atoms with Crippen LogP contribution in [0.25, 0.3) is 0 Å². The Morgan fingerprint density at radius 2 is 2.05 bits per heavy atom. The number of rotatable bonds is 4. The lowest BCUT2D eigenvalue weighted by Crippen LogP contribution is -2.28. The number of carbonyl (C=O) groups excluding carboxylic acids is 1. The molecule has 0 aliphatic heterocycles. The Kier molecular flexibility index (Phi) is 4.76. The third kappa shape index (κ3) is 3.91. The second-order valence-electron chi connectivity index (χ2n) is 3.80. The molecule has 1 heterocycles. The molecule has 0 saturated carbocycles. The van der Waals surface area contributed by atoms with Gasteiger partial charge >= 0.3 is 0 Å². The van der Waals surface area contributed by atoms with Gasteiger partial charge in [0.25, 0.3) is 5.91 Å². The quantitative estimate of drug-likeness (QED) is 0.911. The van der Waals surface area contributed by atoms with Crippen molar-refractivity contribution in [1.82, 2.24) is 10.3 Å². The van der Waals surface area contributed by atoms with Crippen molar-refractivity contribution in [2.75, 3.05) is 6.54 Å². The number of hydrogen-bond donors (Lipinski definition) is 2. The Hall–Kier alpha value is -1.14. The van der Waals surface area contributed by atoms with Gasteiger partial charge in [0.05, 0.1) is 11.6 Å². The zero-order chi connectivity index (χ0) is 13.8. The van der Waals surface area contributed by atoms with Crippen LogP contribution in [0.15, 0.2) is 29.1 Å². The van der Waals surface area contributed by atoms with Gasteiger partial charge in [-0.25, -0.2) is 4.98 Å². The van der Waals surface area contributed by atoms with Gasteiger partial charge in [-0.05, 0) is 23.8 Å². The molecule has 1 unspecified atom stereocenters. The summed E-state index contributed by atoms with van der Waals surface area (Å²) in [7, 11) is 0. The van der Waals surface area contributed by atoms with E-state index in [4.69, 9.17) is 23.2 Å². The minimum absolute atomic E-state index is 0.0625. The standard InChI is InChI=1S/C12H10Cl2N2O2S/c13-8-1-7(2-9(14)3-8)11(17)4-15-12(18)10-5-19-6-16-10/h1-3,5-6,11,17H,4H2,(H,15,18). The summed E-state index contributed by atoms with van der Waals surface area (Å²) in [6.07, 6.45) is -0.876. The van der Waals surface area contributed by atoms with E-state index >= 15 is 0 Å². The first-order valence-electron chi connectivity index (χ1n) is 5.36. The lowest BCUT2D eigenvalue weighted by molar-refractivity contribution is 0.0912.